The third-order valence-electron chi connectivity index (χ3n) is 3.53. The van der Waals surface area contributed by atoms with Crippen molar-refractivity contribution < 1.29 is 14.4 Å². The van der Waals surface area contributed by atoms with Gasteiger partial charge in [0, 0.05) is 29.2 Å². The fourth-order valence-corrected chi connectivity index (χ4v) is 2.40. The van der Waals surface area contributed by atoms with Crippen molar-refractivity contribution in [2.45, 2.75) is 39.7 Å². The highest BCUT2D eigenvalue weighted by atomic mass is 79.9. The van der Waals surface area contributed by atoms with E-state index in [0.29, 0.717) is 5.69 Å². The highest BCUT2D eigenvalue weighted by Crippen LogP contribution is 2.19. The molecule has 0 aliphatic rings. The van der Waals surface area contributed by atoms with E-state index in [9.17, 15) is 14.4 Å². The first-order valence-electron chi connectivity index (χ1n) is 8.18. The number of benzene rings is 1. The first-order chi connectivity index (χ1) is 11.8. The summed E-state index contributed by atoms with van der Waals surface area (Å²) >= 11 is 3.36. The Morgan fingerprint density at radius 1 is 1.16 bits per heavy atom. The lowest BCUT2D eigenvalue weighted by Crippen LogP contribution is -2.42. The van der Waals surface area contributed by atoms with Crippen LogP contribution in [0.1, 0.15) is 32.3 Å². The molecule has 0 aliphatic heterocycles. The number of halogens is 1. The molecular formula is C17H25BrN4O3. The summed E-state index contributed by atoms with van der Waals surface area (Å²) in [5, 5.41) is 10.5. The van der Waals surface area contributed by atoms with Crippen LogP contribution in [0, 0.1) is 6.92 Å². The lowest BCUT2D eigenvalue weighted by atomic mass is 10.2. The quantitative estimate of drug-likeness (QED) is 0.526. The number of aryl methyl sites for hydroxylation is 1. The van der Waals surface area contributed by atoms with Crippen molar-refractivity contribution in [2.24, 2.45) is 0 Å². The monoisotopic (exact) mass is 412 g/mol. The van der Waals surface area contributed by atoms with Gasteiger partial charge in [-0.15, -0.1) is 0 Å². The molecule has 25 heavy (non-hydrogen) atoms. The van der Waals surface area contributed by atoms with Crippen LogP contribution in [0.5, 0.6) is 0 Å². The molecule has 0 aromatic heterocycles. The van der Waals surface area contributed by atoms with Crippen molar-refractivity contribution in [2.75, 3.05) is 18.4 Å². The van der Waals surface area contributed by atoms with E-state index in [-0.39, 0.29) is 37.4 Å². The van der Waals surface area contributed by atoms with Crippen molar-refractivity contribution >= 4 is 39.5 Å². The Bertz CT molecular complexity index is 622. The van der Waals surface area contributed by atoms with Gasteiger partial charge in [0.2, 0.25) is 11.8 Å². The predicted molar refractivity (Wildman–Crippen MR) is 101 cm³/mol. The van der Waals surface area contributed by atoms with Crippen molar-refractivity contribution in [1.29, 1.82) is 0 Å². The standard InChI is InChI=1S/C17H25BrN4O3/c1-4-12(3)21-15(23)7-8-19-17(25)20-10-16(24)22-14-6-5-13(18)9-11(14)2/h5-6,9,12H,4,7-8,10H2,1-3H3,(H,21,23)(H,22,24)(H2,19,20,25). The third kappa shape index (κ3) is 8.53. The number of hydrogen-bond donors (Lipinski definition) is 4. The average Bonchev–Trinajstić information content (AvgIpc) is 2.55. The molecule has 0 spiro atoms. The molecule has 1 unspecified atom stereocenters. The molecule has 1 rings (SSSR count). The van der Waals surface area contributed by atoms with Crippen molar-refractivity contribution in [1.82, 2.24) is 16.0 Å². The number of amides is 4. The summed E-state index contributed by atoms with van der Waals surface area (Å²) in [5.74, 6) is -0.437. The minimum absolute atomic E-state index is 0.113. The zero-order valence-electron chi connectivity index (χ0n) is 14.7. The highest BCUT2D eigenvalue weighted by molar-refractivity contribution is 9.10. The van der Waals surface area contributed by atoms with Crippen LogP contribution in [0.15, 0.2) is 22.7 Å². The highest BCUT2D eigenvalue weighted by Gasteiger charge is 2.09. The molecule has 0 heterocycles. The molecule has 0 saturated heterocycles. The van der Waals surface area contributed by atoms with Crippen LogP contribution in [0.4, 0.5) is 10.5 Å². The molecule has 138 valence electrons. The Kier molecular flexibility index (Phi) is 8.98. The maximum absolute atomic E-state index is 11.9. The van der Waals surface area contributed by atoms with Gasteiger partial charge < -0.3 is 21.3 Å². The maximum atomic E-state index is 11.9. The molecule has 0 aliphatic carbocycles. The second-order valence-corrected chi connectivity index (χ2v) is 6.66. The summed E-state index contributed by atoms with van der Waals surface area (Å²) in [6.45, 7) is 5.84. The summed E-state index contributed by atoms with van der Waals surface area (Å²) in [6.07, 6.45) is 1.05. The Hall–Kier alpha value is -2.09. The second kappa shape index (κ2) is 10.7. The van der Waals surface area contributed by atoms with E-state index in [1.165, 1.54) is 0 Å². The van der Waals surface area contributed by atoms with Crippen LogP contribution >= 0.6 is 15.9 Å². The first-order valence-corrected chi connectivity index (χ1v) is 8.98. The number of anilines is 1. The topological polar surface area (TPSA) is 99.3 Å². The van der Waals surface area contributed by atoms with Crippen molar-refractivity contribution in [3.63, 3.8) is 0 Å². The normalized spacial score (nSPS) is 11.4. The number of rotatable bonds is 8. The van der Waals surface area contributed by atoms with E-state index < -0.39 is 6.03 Å². The van der Waals surface area contributed by atoms with Gasteiger partial charge in [-0.05, 0) is 44.0 Å². The Morgan fingerprint density at radius 3 is 2.52 bits per heavy atom. The summed E-state index contributed by atoms with van der Waals surface area (Å²) in [4.78, 5) is 35.1. The van der Waals surface area contributed by atoms with Crippen LogP contribution in [-0.4, -0.2) is 37.0 Å². The molecular weight excluding hydrogens is 388 g/mol. The van der Waals surface area contributed by atoms with Crippen LogP contribution < -0.4 is 21.3 Å². The summed E-state index contributed by atoms with van der Waals surface area (Å²) < 4.78 is 0.929. The molecule has 1 aromatic carbocycles. The molecule has 7 nitrogen and oxygen atoms in total. The Morgan fingerprint density at radius 2 is 1.88 bits per heavy atom. The fourth-order valence-electron chi connectivity index (χ4n) is 1.92. The Labute approximate surface area is 156 Å². The molecule has 4 amide bonds. The van der Waals surface area contributed by atoms with Crippen LogP contribution in [0.2, 0.25) is 0 Å². The van der Waals surface area contributed by atoms with Crippen molar-refractivity contribution in [3.05, 3.63) is 28.2 Å². The van der Waals surface area contributed by atoms with Crippen LogP contribution in [-0.2, 0) is 9.59 Å². The van der Waals surface area contributed by atoms with Gasteiger partial charge in [-0.1, -0.05) is 22.9 Å². The SMILES string of the molecule is CCC(C)NC(=O)CCNC(=O)NCC(=O)Nc1ccc(Br)cc1C. The smallest absolute Gasteiger partial charge is 0.315 e. The van der Waals surface area contributed by atoms with Gasteiger partial charge in [0.15, 0.2) is 0 Å². The number of nitrogens with one attached hydrogen (secondary N) is 4. The maximum Gasteiger partial charge on any atom is 0.315 e. The second-order valence-electron chi connectivity index (χ2n) is 5.74. The zero-order valence-corrected chi connectivity index (χ0v) is 16.3. The van der Waals surface area contributed by atoms with Gasteiger partial charge in [0.05, 0.1) is 6.54 Å². The third-order valence-corrected chi connectivity index (χ3v) is 4.02. The van der Waals surface area contributed by atoms with E-state index in [1.807, 2.05) is 32.9 Å². The molecule has 0 bridgehead atoms. The molecule has 0 saturated carbocycles. The number of carbonyl (C=O) groups excluding carboxylic acids is 3. The van der Waals surface area contributed by atoms with Gasteiger partial charge in [0.25, 0.3) is 0 Å². The van der Waals surface area contributed by atoms with E-state index >= 15 is 0 Å². The van der Waals surface area contributed by atoms with E-state index in [4.69, 9.17) is 0 Å². The largest absolute Gasteiger partial charge is 0.354 e. The van der Waals surface area contributed by atoms with Gasteiger partial charge >= 0.3 is 6.03 Å². The minimum Gasteiger partial charge on any atom is -0.354 e. The summed E-state index contributed by atoms with van der Waals surface area (Å²) in [7, 11) is 0. The summed E-state index contributed by atoms with van der Waals surface area (Å²) in [6, 6.07) is 5.13. The van der Waals surface area contributed by atoms with Gasteiger partial charge in [0.1, 0.15) is 0 Å². The summed E-state index contributed by atoms with van der Waals surface area (Å²) in [5.41, 5.74) is 1.61. The number of carbonyl (C=O) groups is 3. The van der Waals surface area contributed by atoms with E-state index in [2.05, 4.69) is 37.2 Å². The molecule has 0 radical (unpaired) electrons. The van der Waals surface area contributed by atoms with Gasteiger partial charge in [-0.3, -0.25) is 9.59 Å². The molecule has 4 N–H and O–H groups in total. The van der Waals surface area contributed by atoms with E-state index in [0.717, 1.165) is 16.5 Å². The number of hydrogen-bond acceptors (Lipinski definition) is 3. The fraction of sp³-hybridized carbons (Fsp3) is 0.471. The molecule has 0 fully saturated rings. The number of urea groups is 1. The molecule has 1 atom stereocenters. The van der Waals surface area contributed by atoms with E-state index in [1.54, 1.807) is 6.07 Å². The van der Waals surface area contributed by atoms with Gasteiger partial charge in [-0.25, -0.2) is 4.79 Å². The Balaban J connectivity index is 2.25. The van der Waals surface area contributed by atoms with Gasteiger partial charge in [-0.2, -0.15) is 0 Å². The zero-order chi connectivity index (χ0) is 18.8. The van der Waals surface area contributed by atoms with Crippen LogP contribution in [0.25, 0.3) is 0 Å². The van der Waals surface area contributed by atoms with Crippen molar-refractivity contribution in [3.8, 4) is 0 Å². The average molecular weight is 413 g/mol. The lowest BCUT2D eigenvalue weighted by Gasteiger charge is -2.12. The molecule has 8 heteroatoms. The minimum atomic E-state index is -0.487. The van der Waals surface area contributed by atoms with Crippen LogP contribution in [0.3, 0.4) is 0 Å². The first kappa shape index (κ1) is 21.0. The predicted octanol–water partition coefficient (Wildman–Crippen LogP) is 2.30. The molecule has 1 aromatic rings. The lowest BCUT2D eigenvalue weighted by molar-refractivity contribution is -0.121.